The van der Waals surface area contributed by atoms with Gasteiger partial charge in [0.25, 0.3) is 5.91 Å². The molecule has 2 bridgehead atoms. The monoisotopic (exact) mass is 340 g/mol. The quantitative estimate of drug-likeness (QED) is 0.848. The van der Waals surface area contributed by atoms with Gasteiger partial charge in [-0.15, -0.1) is 23.7 Å². The SMILES string of the molecule is Cl.O=C(c1cc(Cl)sc1Cl)N1CCC2CCC(C1)N2. The van der Waals surface area contributed by atoms with Gasteiger partial charge >= 0.3 is 0 Å². The molecule has 19 heavy (non-hydrogen) atoms. The summed E-state index contributed by atoms with van der Waals surface area (Å²) in [5.41, 5.74) is 0.546. The highest BCUT2D eigenvalue weighted by atomic mass is 35.5. The molecule has 2 aliphatic heterocycles. The summed E-state index contributed by atoms with van der Waals surface area (Å²) >= 11 is 13.2. The number of nitrogens with zero attached hydrogens (tertiary/aromatic N) is 1. The van der Waals surface area contributed by atoms with E-state index >= 15 is 0 Å². The number of hydrogen-bond donors (Lipinski definition) is 1. The minimum absolute atomic E-state index is 0. The maximum absolute atomic E-state index is 12.4. The van der Waals surface area contributed by atoms with Gasteiger partial charge in [-0.2, -0.15) is 0 Å². The van der Waals surface area contributed by atoms with Crippen molar-refractivity contribution in [2.75, 3.05) is 13.1 Å². The Hall–Kier alpha value is -0.000000000000000104. The molecule has 1 N–H and O–H groups in total. The van der Waals surface area contributed by atoms with E-state index < -0.39 is 0 Å². The van der Waals surface area contributed by atoms with Crippen molar-refractivity contribution in [3.8, 4) is 0 Å². The molecule has 1 aromatic heterocycles. The number of amides is 1. The lowest BCUT2D eigenvalue weighted by molar-refractivity contribution is 0.0749. The number of rotatable bonds is 1. The number of hydrogen-bond acceptors (Lipinski definition) is 3. The van der Waals surface area contributed by atoms with Crippen molar-refractivity contribution in [1.29, 1.82) is 0 Å². The van der Waals surface area contributed by atoms with E-state index in [4.69, 9.17) is 23.2 Å². The Bertz CT molecular complexity index is 480. The van der Waals surface area contributed by atoms with E-state index in [1.54, 1.807) is 6.07 Å². The van der Waals surface area contributed by atoms with Crippen LogP contribution in [0, 0.1) is 0 Å². The first kappa shape index (κ1) is 15.4. The molecule has 2 saturated heterocycles. The predicted octanol–water partition coefficient (Wildman–Crippen LogP) is 3.44. The number of carbonyl (C=O) groups is 1. The lowest BCUT2D eigenvalue weighted by Gasteiger charge is -2.24. The van der Waals surface area contributed by atoms with Crippen LogP contribution in [0.4, 0.5) is 0 Å². The van der Waals surface area contributed by atoms with Gasteiger partial charge < -0.3 is 10.2 Å². The van der Waals surface area contributed by atoms with Crippen LogP contribution >= 0.6 is 46.9 Å². The van der Waals surface area contributed by atoms with E-state index in [2.05, 4.69) is 5.32 Å². The van der Waals surface area contributed by atoms with Crippen LogP contribution in [0.1, 0.15) is 29.6 Å². The largest absolute Gasteiger partial charge is 0.337 e. The van der Waals surface area contributed by atoms with Crippen molar-refractivity contribution in [2.45, 2.75) is 31.3 Å². The Morgan fingerprint density at radius 2 is 2.05 bits per heavy atom. The number of nitrogens with one attached hydrogen (secondary N) is 1. The molecule has 0 aliphatic carbocycles. The number of carbonyl (C=O) groups excluding carboxylic acids is 1. The summed E-state index contributed by atoms with van der Waals surface area (Å²) in [7, 11) is 0. The molecular weight excluding hydrogens is 327 g/mol. The van der Waals surface area contributed by atoms with E-state index in [9.17, 15) is 4.79 Å². The van der Waals surface area contributed by atoms with Gasteiger partial charge in [0.05, 0.1) is 9.90 Å². The second kappa shape index (κ2) is 6.19. The number of fused-ring (bicyclic) bond motifs is 2. The topological polar surface area (TPSA) is 32.3 Å². The van der Waals surface area contributed by atoms with Crippen LogP contribution in [-0.4, -0.2) is 36.0 Å². The van der Waals surface area contributed by atoms with Gasteiger partial charge in [0.15, 0.2) is 0 Å². The van der Waals surface area contributed by atoms with Crippen molar-refractivity contribution in [1.82, 2.24) is 10.2 Å². The van der Waals surface area contributed by atoms with Crippen molar-refractivity contribution in [2.24, 2.45) is 0 Å². The molecule has 2 aliphatic rings. The minimum atomic E-state index is 0. The van der Waals surface area contributed by atoms with Crippen LogP contribution in [0.25, 0.3) is 0 Å². The van der Waals surface area contributed by atoms with E-state index in [1.165, 1.54) is 17.8 Å². The number of thiophene rings is 1. The Morgan fingerprint density at radius 1 is 1.32 bits per heavy atom. The first-order chi connectivity index (χ1) is 8.63. The number of halogens is 3. The average molecular weight is 342 g/mol. The smallest absolute Gasteiger partial charge is 0.256 e. The summed E-state index contributed by atoms with van der Waals surface area (Å²) in [5, 5.41) is 3.56. The van der Waals surface area contributed by atoms with Gasteiger partial charge in [0, 0.05) is 25.2 Å². The van der Waals surface area contributed by atoms with E-state index in [-0.39, 0.29) is 18.3 Å². The van der Waals surface area contributed by atoms with Crippen LogP contribution in [0.15, 0.2) is 6.07 Å². The molecule has 2 fully saturated rings. The summed E-state index contributed by atoms with van der Waals surface area (Å²) in [5.74, 6) is 0.0116. The lowest BCUT2D eigenvalue weighted by atomic mass is 10.1. The minimum Gasteiger partial charge on any atom is -0.337 e. The molecule has 1 aromatic rings. The molecule has 106 valence electrons. The first-order valence-electron chi connectivity index (χ1n) is 6.13. The summed E-state index contributed by atoms with van der Waals surface area (Å²) in [4.78, 5) is 14.3. The van der Waals surface area contributed by atoms with Gasteiger partial charge in [-0.05, 0) is 25.3 Å². The summed E-state index contributed by atoms with van der Waals surface area (Å²) in [6.45, 7) is 1.58. The van der Waals surface area contributed by atoms with E-state index in [0.717, 1.165) is 25.9 Å². The van der Waals surface area contributed by atoms with E-state index in [1.807, 2.05) is 4.90 Å². The summed E-state index contributed by atoms with van der Waals surface area (Å²) in [6, 6.07) is 2.69. The van der Waals surface area contributed by atoms with Gasteiger partial charge in [-0.25, -0.2) is 0 Å². The van der Waals surface area contributed by atoms with Crippen molar-refractivity contribution in [3.05, 3.63) is 20.3 Å². The maximum Gasteiger partial charge on any atom is 0.256 e. The third-order valence-corrected chi connectivity index (χ3v) is 5.19. The Labute approximate surface area is 132 Å². The molecule has 0 spiro atoms. The van der Waals surface area contributed by atoms with Gasteiger partial charge in [-0.3, -0.25) is 4.79 Å². The zero-order valence-corrected chi connectivity index (χ0v) is 13.3. The maximum atomic E-state index is 12.4. The fraction of sp³-hybridized carbons (Fsp3) is 0.583. The molecule has 3 rings (SSSR count). The van der Waals surface area contributed by atoms with Gasteiger partial charge in [-0.1, -0.05) is 23.2 Å². The third kappa shape index (κ3) is 3.19. The highest BCUT2D eigenvalue weighted by Crippen LogP contribution is 2.32. The van der Waals surface area contributed by atoms with Crippen molar-refractivity contribution < 1.29 is 4.79 Å². The molecule has 0 radical (unpaired) electrons. The first-order valence-corrected chi connectivity index (χ1v) is 7.71. The van der Waals surface area contributed by atoms with Crippen LogP contribution in [0.3, 0.4) is 0 Å². The molecular formula is C12H15Cl3N2OS. The molecule has 2 atom stereocenters. The molecule has 3 nitrogen and oxygen atoms in total. The molecule has 7 heteroatoms. The highest BCUT2D eigenvalue weighted by molar-refractivity contribution is 7.20. The summed E-state index contributed by atoms with van der Waals surface area (Å²) in [6.07, 6.45) is 3.42. The van der Waals surface area contributed by atoms with Crippen LogP contribution < -0.4 is 5.32 Å². The third-order valence-electron chi connectivity index (χ3n) is 3.70. The second-order valence-corrected chi connectivity index (χ2v) is 7.20. The fourth-order valence-electron chi connectivity index (χ4n) is 2.78. The molecule has 1 amide bonds. The second-order valence-electron chi connectivity index (χ2n) is 4.92. The zero-order chi connectivity index (χ0) is 12.7. The van der Waals surface area contributed by atoms with Crippen molar-refractivity contribution in [3.63, 3.8) is 0 Å². The Kier molecular flexibility index (Phi) is 5.01. The number of likely N-dealkylation sites (tertiary alicyclic amines) is 1. The van der Waals surface area contributed by atoms with Crippen LogP contribution in [-0.2, 0) is 0 Å². The fourth-order valence-corrected chi connectivity index (χ4v) is 4.23. The van der Waals surface area contributed by atoms with Gasteiger partial charge in [0.1, 0.15) is 4.34 Å². The molecule has 0 aromatic carbocycles. The molecule has 3 heterocycles. The van der Waals surface area contributed by atoms with Gasteiger partial charge in [0.2, 0.25) is 0 Å². The Morgan fingerprint density at radius 3 is 2.74 bits per heavy atom. The Balaban J connectivity index is 0.00000133. The normalized spacial score (nSPS) is 25.9. The predicted molar refractivity (Wildman–Crippen MR) is 82.1 cm³/mol. The van der Waals surface area contributed by atoms with Crippen molar-refractivity contribution >= 4 is 52.9 Å². The van der Waals surface area contributed by atoms with Crippen LogP contribution in [0.2, 0.25) is 8.67 Å². The van der Waals surface area contributed by atoms with E-state index in [0.29, 0.717) is 26.3 Å². The standard InChI is InChI=1S/C12H14Cl2N2OS.ClH/c13-10-5-9(11(14)18-10)12(17)16-4-3-7-1-2-8(6-16)15-7;/h5,7-8,15H,1-4,6H2;1H. The summed E-state index contributed by atoms with van der Waals surface area (Å²) < 4.78 is 1.06. The molecule has 2 unspecified atom stereocenters. The van der Waals surface area contributed by atoms with Crippen LogP contribution in [0.5, 0.6) is 0 Å². The average Bonchev–Trinajstić information content (AvgIpc) is 2.81. The lowest BCUT2D eigenvalue weighted by Crippen LogP contribution is -2.39. The highest BCUT2D eigenvalue weighted by Gasteiger charge is 2.32. The molecule has 0 saturated carbocycles. The zero-order valence-electron chi connectivity index (χ0n) is 10.2.